The van der Waals surface area contributed by atoms with Crippen LogP contribution >= 0.6 is 0 Å². The van der Waals surface area contributed by atoms with E-state index in [4.69, 9.17) is 4.42 Å². The van der Waals surface area contributed by atoms with Crippen molar-refractivity contribution in [3.8, 4) is 0 Å². The number of para-hydroxylation sites is 1. The van der Waals surface area contributed by atoms with Crippen LogP contribution < -0.4 is 5.32 Å². The van der Waals surface area contributed by atoms with Crippen LogP contribution in [-0.2, 0) is 0 Å². The maximum atomic E-state index is 12.5. The van der Waals surface area contributed by atoms with E-state index in [1.165, 1.54) is 0 Å². The molecule has 22 heavy (non-hydrogen) atoms. The van der Waals surface area contributed by atoms with Crippen molar-refractivity contribution < 1.29 is 9.21 Å². The number of nitrogens with zero attached hydrogens (tertiary/aromatic N) is 1. The van der Waals surface area contributed by atoms with Crippen LogP contribution in [0.2, 0.25) is 0 Å². The summed E-state index contributed by atoms with van der Waals surface area (Å²) in [5.41, 5.74) is 3.57. The number of benzene rings is 2. The van der Waals surface area contributed by atoms with Gasteiger partial charge >= 0.3 is 0 Å². The number of carbonyl (C=O) groups excluding carboxylic acids is 1. The number of H-pyrrole nitrogens is 1. The highest BCUT2D eigenvalue weighted by Crippen LogP contribution is 2.22. The number of rotatable bonds is 2. The molecule has 0 fully saturated rings. The molecule has 2 aromatic heterocycles. The minimum Gasteiger partial charge on any atom is -0.441 e. The Morgan fingerprint density at radius 1 is 1.23 bits per heavy atom. The lowest BCUT2D eigenvalue weighted by Crippen LogP contribution is -2.12. The molecule has 0 aliphatic rings. The van der Waals surface area contributed by atoms with Gasteiger partial charge in [-0.25, -0.2) is 4.98 Å². The summed E-state index contributed by atoms with van der Waals surface area (Å²) in [4.78, 5) is 19.9. The standard InChI is InChI=1S/C17H13N3O2/c1-10-19-14-9-12(5-6-15(14)22-10)20-17(21)13-4-2-3-11-7-8-18-16(11)13/h2-9,18H,1H3,(H,20,21). The Kier molecular flexibility index (Phi) is 2.72. The summed E-state index contributed by atoms with van der Waals surface area (Å²) < 4.78 is 5.43. The Balaban J connectivity index is 1.69. The molecule has 0 spiro atoms. The molecule has 0 aliphatic heterocycles. The van der Waals surface area contributed by atoms with Crippen LogP contribution in [0.3, 0.4) is 0 Å². The highest BCUT2D eigenvalue weighted by molar-refractivity contribution is 6.12. The second kappa shape index (κ2) is 4.73. The Hall–Kier alpha value is -3.08. The van der Waals surface area contributed by atoms with Crippen molar-refractivity contribution >= 4 is 33.6 Å². The topological polar surface area (TPSA) is 70.9 Å². The van der Waals surface area contributed by atoms with Gasteiger partial charge in [0.1, 0.15) is 5.52 Å². The molecule has 2 aromatic carbocycles. The van der Waals surface area contributed by atoms with E-state index in [9.17, 15) is 4.79 Å². The maximum Gasteiger partial charge on any atom is 0.257 e. The van der Waals surface area contributed by atoms with E-state index in [-0.39, 0.29) is 5.91 Å². The maximum absolute atomic E-state index is 12.5. The molecule has 0 saturated heterocycles. The van der Waals surface area contributed by atoms with Gasteiger partial charge in [-0.2, -0.15) is 0 Å². The second-order valence-electron chi connectivity index (χ2n) is 5.12. The highest BCUT2D eigenvalue weighted by atomic mass is 16.3. The summed E-state index contributed by atoms with van der Waals surface area (Å²) in [5, 5.41) is 3.91. The monoisotopic (exact) mass is 291 g/mol. The zero-order valence-corrected chi connectivity index (χ0v) is 11.9. The van der Waals surface area contributed by atoms with Crippen molar-refractivity contribution in [3.63, 3.8) is 0 Å². The van der Waals surface area contributed by atoms with Gasteiger partial charge in [0.05, 0.1) is 11.1 Å². The van der Waals surface area contributed by atoms with Crippen LogP contribution in [0.5, 0.6) is 0 Å². The molecule has 2 heterocycles. The van der Waals surface area contributed by atoms with Crippen LogP contribution in [0.25, 0.3) is 22.0 Å². The first-order chi connectivity index (χ1) is 10.7. The van der Waals surface area contributed by atoms with Gasteiger partial charge in [0.25, 0.3) is 5.91 Å². The third kappa shape index (κ3) is 2.03. The average Bonchev–Trinajstić information content (AvgIpc) is 3.11. The zero-order chi connectivity index (χ0) is 15.1. The molecule has 5 nitrogen and oxygen atoms in total. The van der Waals surface area contributed by atoms with Gasteiger partial charge < -0.3 is 14.7 Å². The molecule has 5 heteroatoms. The van der Waals surface area contributed by atoms with Crippen molar-refractivity contribution in [2.45, 2.75) is 6.92 Å². The highest BCUT2D eigenvalue weighted by Gasteiger charge is 2.12. The van der Waals surface area contributed by atoms with E-state index in [0.717, 1.165) is 16.4 Å². The number of hydrogen-bond donors (Lipinski definition) is 2. The molecule has 0 aliphatic carbocycles. The van der Waals surface area contributed by atoms with Gasteiger partial charge in [-0.15, -0.1) is 0 Å². The van der Waals surface area contributed by atoms with E-state index in [2.05, 4.69) is 15.3 Å². The first kappa shape index (κ1) is 12.6. The summed E-state index contributed by atoms with van der Waals surface area (Å²) >= 11 is 0. The summed E-state index contributed by atoms with van der Waals surface area (Å²) in [6.45, 7) is 1.80. The van der Waals surface area contributed by atoms with Crippen molar-refractivity contribution in [2.24, 2.45) is 0 Å². The zero-order valence-electron chi connectivity index (χ0n) is 11.9. The molecule has 0 saturated carbocycles. The molecular weight excluding hydrogens is 278 g/mol. The number of aromatic nitrogens is 2. The Bertz CT molecular complexity index is 997. The first-order valence-electron chi connectivity index (χ1n) is 6.95. The van der Waals surface area contributed by atoms with Crippen LogP contribution in [0.15, 0.2) is 53.1 Å². The third-order valence-electron chi connectivity index (χ3n) is 3.58. The van der Waals surface area contributed by atoms with E-state index < -0.39 is 0 Å². The number of aryl methyl sites for hydroxylation is 1. The lowest BCUT2D eigenvalue weighted by Gasteiger charge is -2.06. The lowest BCUT2D eigenvalue weighted by atomic mass is 10.1. The number of fused-ring (bicyclic) bond motifs is 2. The van der Waals surface area contributed by atoms with Crippen molar-refractivity contribution in [2.75, 3.05) is 5.32 Å². The SMILES string of the molecule is Cc1nc2cc(NC(=O)c3cccc4cc[nH]c34)ccc2o1. The lowest BCUT2D eigenvalue weighted by molar-refractivity contribution is 0.102. The van der Waals surface area contributed by atoms with Crippen LogP contribution in [0.1, 0.15) is 16.2 Å². The number of oxazole rings is 1. The molecule has 0 unspecified atom stereocenters. The predicted octanol–water partition coefficient (Wildman–Crippen LogP) is 3.87. The van der Waals surface area contributed by atoms with Crippen molar-refractivity contribution in [3.05, 3.63) is 60.1 Å². The van der Waals surface area contributed by atoms with E-state index in [1.807, 2.05) is 24.4 Å². The summed E-state index contributed by atoms with van der Waals surface area (Å²) in [7, 11) is 0. The van der Waals surface area contributed by atoms with Gasteiger partial charge in [-0.3, -0.25) is 4.79 Å². The van der Waals surface area contributed by atoms with Gasteiger partial charge in [0.15, 0.2) is 11.5 Å². The van der Waals surface area contributed by atoms with Gasteiger partial charge in [-0.1, -0.05) is 12.1 Å². The number of anilines is 1. The van der Waals surface area contributed by atoms with Crippen LogP contribution in [-0.4, -0.2) is 15.9 Å². The molecule has 0 atom stereocenters. The molecule has 0 radical (unpaired) electrons. The summed E-state index contributed by atoms with van der Waals surface area (Å²) in [5.74, 6) is 0.447. The van der Waals surface area contributed by atoms with Crippen molar-refractivity contribution in [1.29, 1.82) is 0 Å². The number of hydrogen-bond acceptors (Lipinski definition) is 3. The predicted molar refractivity (Wildman–Crippen MR) is 85.0 cm³/mol. The van der Waals surface area contributed by atoms with Crippen molar-refractivity contribution in [1.82, 2.24) is 9.97 Å². The van der Waals surface area contributed by atoms with Crippen LogP contribution in [0, 0.1) is 6.92 Å². The summed E-state index contributed by atoms with van der Waals surface area (Å²) in [6.07, 6.45) is 1.83. The quantitative estimate of drug-likeness (QED) is 0.589. The minimum absolute atomic E-state index is 0.160. The minimum atomic E-state index is -0.160. The third-order valence-corrected chi connectivity index (χ3v) is 3.58. The fourth-order valence-corrected chi connectivity index (χ4v) is 2.59. The largest absolute Gasteiger partial charge is 0.441 e. The Morgan fingerprint density at radius 2 is 2.14 bits per heavy atom. The van der Waals surface area contributed by atoms with E-state index in [1.54, 1.807) is 31.2 Å². The molecule has 108 valence electrons. The normalized spacial score (nSPS) is 11.1. The van der Waals surface area contributed by atoms with E-state index >= 15 is 0 Å². The van der Waals surface area contributed by atoms with E-state index in [0.29, 0.717) is 22.7 Å². The van der Waals surface area contributed by atoms with Crippen LogP contribution in [0.4, 0.5) is 5.69 Å². The number of carbonyl (C=O) groups is 1. The first-order valence-corrected chi connectivity index (χ1v) is 6.95. The molecule has 1 amide bonds. The molecule has 2 N–H and O–H groups in total. The fourth-order valence-electron chi connectivity index (χ4n) is 2.59. The average molecular weight is 291 g/mol. The second-order valence-corrected chi connectivity index (χ2v) is 5.12. The number of amides is 1. The summed E-state index contributed by atoms with van der Waals surface area (Å²) in [6, 6.07) is 13.0. The molecular formula is C17H13N3O2. The number of aromatic amines is 1. The van der Waals surface area contributed by atoms with Gasteiger partial charge in [0, 0.05) is 24.2 Å². The molecule has 0 bridgehead atoms. The smallest absolute Gasteiger partial charge is 0.257 e. The number of nitrogens with one attached hydrogen (secondary N) is 2. The molecule has 4 rings (SSSR count). The van der Waals surface area contributed by atoms with Gasteiger partial charge in [-0.05, 0) is 30.3 Å². The Labute approximate surface area is 126 Å². The Morgan fingerprint density at radius 3 is 3.05 bits per heavy atom. The fraction of sp³-hybridized carbons (Fsp3) is 0.0588. The van der Waals surface area contributed by atoms with Gasteiger partial charge in [0.2, 0.25) is 0 Å². The molecule has 4 aromatic rings.